The molecule has 1 aromatic heterocycles. The number of allylic oxidation sites excluding steroid dienone is 1. The Morgan fingerprint density at radius 3 is 2.46 bits per heavy atom. The van der Waals surface area contributed by atoms with Crippen molar-refractivity contribution in [3.63, 3.8) is 0 Å². The van der Waals surface area contributed by atoms with E-state index in [2.05, 4.69) is 5.32 Å². The van der Waals surface area contributed by atoms with E-state index in [0.29, 0.717) is 28.4 Å². The fourth-order valence-corrected chi connectivity index (χ4v) is 5.60. The van der Waals surface area contributed by atoms with Crippen LogP contribution in [0.5, 0.6) is 5.75 Å². The first-order valence-corrected chi connectivity index (χ1v) is 11.9. The zero-order valence-corrected chi connectivity index (χ0v) is 19.5. The van der Waals surface area contributed by atoms with Crippen LogP contribution in [0.2, 0.25) is 0 Å². The number of benzene rings is 2. The second-order valence-corrected chi connectivity index (χ2v) is 9.41. The predicted octanol–water partition coefficient (Wildman–Crippen LogP) is 6.22. The number of carbonyl (C=O) groups is 2. The van der Waals surface area contributed by atoms with Crippen molar-refractivity contribution in [1.82, 2.24) is 0 Å². The average Bonchev–Trinajstić information content (AvgIpc) is 3.32. The third-order valence-corrected chi connectivity index (χ3v) is 7.27. The lowest BCUT2D eigenvalue weighted by atomic mass is 9.79. The molecule has 0 radical (unpaired) electrons. The van der Waals surface area contributed by atoms with Crippen molar-refractivity contribution in [2.75, 3.05) is 17.3 Å². The molecule has 0 unspecified atom stereocenters. The summed E-state index contributed by atoms with van der Waals surface area (Å²) < 4.78 is 46.7. The van der Waals surface area contributed by atoms with Crippen molar-refractivity contribution in [3.05, 3.63) is 87.8 Å². The van der Waals surface area contributed by atoms with Gasteiger partial charge in [-0.2, -0.15) is 13.2 Å². The van der Waals surface area contributed by atoms with E-state index >= 15 is 0 Å². The van der Waals surface area contributed by atoms with Crippen LogP contribution in [0.4, 0.5) is 24.5 Å². The SMILES string of the molecule is COc1ccc([C@H]2CC(=O)C3=C(C2)Nc2ccccc2N(C(=O)C(F)(F)F)[C@H]3c2cccs2)cc1. The number of hydrogen-bond acceptors (Lipinski definition) is 5. The molecule has 0 spiro atoms. The fourth-order valence-electron chi connectivity index (χ4n) is 4.78. The molecule has 180 valence electrons. The number of anilines is 2. The Kier molecular flexibility index (Phi) is 5.88. The van der Waals surface area contributed by atoms with Gasteiger partial charge in [0.1, 0.15) is 11.8 Å². The van der Waals surface area contributed by atoms with Crippen LogP contribution in [0, 0.1) is 0 Å². The molecule has 3 aromatic rings. The molecule has 35 heavy (non-hydrogen) atoms. The van der Waals surface area contributed by atoms with Crippen LogP contribution in [0.3, 0.4) is 0 Å². The highest BCUT2D eigenvalue weighted by molar-refractivity contribution is 7.10. The molecule has 0 bridgehead atoms. The van der Waals surface area contributed by atoms with Gasteiger partial charge in [-0.15, -0.1) is 11.3 Å². The molecule has 0 fully saturated rings. The van der Waals surface area contributed by atoms with Gasteiger partial charge in [0.05, 0.1) is 18.5 Å². The molecule has 1 N–H and O–H groups in total. The number of nitrogens with zero attached hydrogens (tertiary/aromatic N) is 1. The first kappa shape index (κ1) is 23.2. The molecular weight excluding hydrogens is 477 g/mol. The Labute approximate surface area is 203 Å². The number of methoxy groups -OCH3 is 1. The summed E-state index contributed by atoms with van der Waals surface area (Å²) in [5.41, 5.74) is 2.09. The van der Waals surface area contributed by atoms with Crippen LogP contribution in [0.25, 0.3) is 0 Å². The monoisotopic (exact) mass is 498 g/mol. The van der Waals surface area contributed by atoms with E-state index in [-0.39, 0.29) is 29.4 Å². The van der Waals surface area contributed by atoms with Crippen LogP contribution >= 0.6 is 11.3 Å². The molecule has 9 heteroatoms. The molecule has 0 saturated heterocycles. The topological polar surface area (TPSA) is 58.6 Å². The first-order valence-electron chi connectivity index (χ1n) is 11.0. The van der Waals surface area contributed by atoms with Crippen molar-refractivity contribution < 1.29 is 27.5 Å². The number of halogens is 3. The molecular formula is C26H21F3N2O3S. The van der Waals surface area contributed by atoms with Crippen LogP contribution in [0.1, 0.15) is 35.2 Å². The van der Waals surface area contributed by atoms with Gasteiger partial charge in [0.15, 0.2) is 5.78 Å². The average molecular weight is 499 g/mol. The normalized spacial score (nSPS) is 20.0. The number of thiophene rings is 1. The molecule has 2 aromatic carbocycles. The summed E-state index contributed by atoms with van der Waals surface area (Å²) in [6, 6.07) is 15.9. The quantitative estimate of drug-likeness (QED) is 0.466. The molecule has 5 nitrogen and oxygen atoms in total. The van der Waals surface area contributed by atoms with Gasteiger partial charge >= 0.3 is 12.1 Å². The van der Waals surface area contributed by atoms with E-state index in [4.69, 9.17) is 4.74 Å². The number of para-hydroxylation sites is 2. The summed E-state index contributed by atoms with van der Waals surface area (Å²) in [6.07, 6.45) is -4.58. The van der Waals surface area contributed by atoms with Crippen LogP contribution in [-0.2, 0) is 9.59 Å². The molecule has 0 saturated carbocycles. The molecule has 1 amide bonds. The van der Waals surface area contributed by atoms with Gasteiger partial charge in [-0.25, -0.2) is 0 Å². The van der Waals surface area contributed by atoms with Crippen molar-refractivity contribution in [3.8, 4) is 5.75 Å². The van der Waals surface area contributed by atoms with Gasteiger partial charge in [0, 0.05) is 22.6 Å². The highest BCUT2D eigenvalue weighted by Gasteiger charge is 2.50. The number of ether oxygens (including phenoxy) is 1. The standard InChI is InChI=1S/C26H21F3N2O3S/c1-34-17-10-8-15(9-11-17)16-13-19-23(21(32)14-16)24(22-7-4-12-35-22)31(25(33)26(27,28)29)20-6-3-2-5-18(20)30-19/h2-12,16,24,30H,13-14H2,1H3/t16-,24+/m1/s1. The van der Waals surface area contributed by atoms with E-state index < -0.39 is 18.1 Å². The Morgan fingerprint density at radius 2 is 1.80 bits per heavy atom. The van der Waals surface area contributed by atoms with Crippen molar-refractivity contribution in [2.45, 2.75) is 31.0 Å². The maximum Gasteiger partial charge on any atom is 0.471 e. The van der Waals surface area contributed by atoms with Crippen molar-refractivity contribution in [1.29, 1.82) is 0 Å². The summed E-state index contributed by atoms with van der Waals surface area (Å²) in [7, 11) is 1.57. The van der Waals surface area contributed by atoms with Crippen LogP contribution in [0.15, 0.2) is 77.3 Å². The summed E-state index contributed by atoms with van der Waals surface area (Å²) in [6.45, 7) is 0. The minimum atomic E-state index is -5.11. The number of fused-ring (bicyclic) bond motifs is 1. The smallest absolute Gasteiger partial charge is 0.471 e. The lowest BCUT2D eigenvalue weighted by Crippen LogP contribution is -2.45. The van der Waals surface area contributed by atoms with Gasteiger partial charge in [0.2, 0.25) is 0 Å². The summed E-state index contributed by atoms with van der Waals surface area (Å²) in [5, 5.41) is 4.95. The van der Waals surface area contributed by atoms with Crippen LogP contribution in [-0.4, -0.2) is 25.0 Å². The number of hydrogen-bond donors (Lipinski definition) is 1. The summed E-state index contributed by atoms with van der Waals surface area (Å²) in [4.78, 5) is 27.6. The number of alkyl halides is 3. The third kappa shape index (κ3) is 4.20. The van der Waals surface area contributed by atoms with Gasteiger partial charge in [-0.05, 0) is 53.6 Å². The zero-order chi connectivity index (χ0) is 24.7. The van der Waals surface area contributed by atoms with E-state index in [1.807, 2.05) is 24.3 Å². The van der Waals surface area contributed by atoms with E-state index in [0.717, 1.165) is 10.5 Å². The highest BCUT2D eigenvalue weighted by Crippen LogP contribution is 2.49. The van der Waals surface area contributed by atoms with Gasteiger partial charge < -0.3 is 10.1 Å². The molecule has 1 aliphatic heterocycles. The maximum absolute atomic E-state index is 13.8. The Hall–Kier alpha value is -3.59. The summed E-state index contributed by atoms with van der Waals surface area (Å²) in [5.74, 6) is -1.77. The third-order valence-electron chi connectivity index (χ3n) is 6.35. The maximum atomic E-state index is 13.8. The second kappa shape index (κ2) is 8.88. The fraction of sp³-hybridized carbons (Fsp3) is 0.231. The molecule has 2 atom stereocenters. The lowest BCUT2D eigenvalue weighted by molar-refractivity contribution is -0.170. The minimum Gasteiger partial charge on any atom is -0.497 e. The number of nitrogens with one attached hydrogen (secondary N) is 1. The van der Waals surface area contributed by atoms with Gasteiger partial charge in [0.25, 0.3) is 0 Å². The molecule has 2 aliphatic rings. The molecule has 1 aliphatic carbocycles. The van der Waals surface area contributed by atoms with Crippen LogP contribution < -0.4 is 15.0 Å². The Bertz CT molecular complexity index is 1300. The number of Topliss-reactive ketones (excluding diaryl/α,β-unsaturated/α-hetero) is 1. The van der Waals surface area contributed by atoms with Crippen molar-refractivity contribution >= 4 is 34.4 Å². The van der Waals surface area contributed by atoms with Gasteiger partial charge in [-0.3, -0.25) is 14.5 Å². The van der Waals surface area contributed by atoms with E-state index in [1.165, 1.54) is 17.4 Å². The summed E-state index contributed by atoms with van der Waals surface area (Å²) >= 11 is 1.21. The molecule has 2 heterocycles. The Morgan fingerprint density at radius 1 is 1.06 bits per heavy atom. The number of amides is 1. The minimum absolute atomic E-state index is 0.0800. The number of ketones is 1. The van der Waals surface area contributed by atoms with E-state index in [1.54, 1.807) is 42.8 Å². The molecule has 5 rings (SSSR count). The van der Waals surface area contributed by atoms with E-state index in [9.17, 15) is 22.8 Å². The van der Waals surface area contributed by atoms with Gasteiger partial charge in [-0.1, -0.05) is 30.3 Å². The second-order valence-electron chi connectivity index (χ2n) is 8.43. The first-order chi connectivity index (χ1) is 16.8. The largest absolute Gasteiger partial charge is 0.497 e. The number of carbonyl (C=O) groups excluding carboxylic acids is 2. The lowest BCUT2D eigenvalue weighted by Gasteiger charge is -2.34. The van der Waals surface area contributed by atoms with Crippen molar-refractivity contribution in [2.24, 2.45) is 0 Å². The Balaban J connectivity index is 1.67. The zero-order valence-electron chi connectivity index (χ0n) is 18.6. The highest BCUT2D eigenvalue weighted by atomic mass is 32.1. The number of rotatable bonds is 3. The predicted molar refractivity (Wildman–Crippen MR) is 128 cm³/mol.